The van der Waals surface area contributed by atoms with Crippen molar-refractivity contribution in [2.24, 2.45) is 0 Å². The van der Waals surface area contributed by atoms with Crippen LogP contribution in [0.1, 0.15) is 13.3 Å². The molecule has 0 saturated heterocycles. The van der Waals surface area contributed by atoms with Gasteiger partial charge in [0.25, 0.3) is 0 Å². The van der Waals surface area contributed by atoms with Crippen molar-refractivity contribution in [1.82, 2.24) is 0 Å². The Morgan fingerprint density at radius 1 is 1.67 bits per heavy atom. The fourth-order valence-electron chi connectivity index (χ4n) is 0.700. The van der Waals surface area contributed by atoms with Gasteiger partial charge in [0, 0.05) is 0 Å². The average molecular weight is 144 g/mol. The molecule has 0 aromatic heterocycles. The molecule has 50 valence electrons. The Hall–Kier alpha value is 0.0749. The Balaban J connectivity index is 2.55. The van der Waals surface area contributed by atoms with E-state index in [9.17, 15) is 0 Å². The van der Waals surface area contributed by atoms with Crippen LogP contribution >= 0.6 is 11.8 Å². The van der Waals surface area contributed by atoms with Crippen molar-refractivity contribution in [3.63, 3.8) is 0 Å². The molecule has 4 heteroatoms. The van der Waals surface area contributed by atoms with Gasteiger partial charge in [0.1, 0.15) is 0 Å². The van der Waals surface area contributed by atoms with Gasteiger partial charge in [0.05, 0.1) is 4.65 Å². The van der Waals surface area contributed by atoms with Crippen molar-refractivity contribution in [2.75, 3.05) is 0 Å². The van der Waals surface area contributed by atoms with Gasteiger partial charge in [-0.3, -0.25) is 0 Å². The molecule has 1 rings (SSSR count). The van der Waals surface area contributed by atoms with E-state index in [0.29, 0.717) is 0 Å². The van der Waals surface area contributed by atoms with Gasteiger partial charge < -0.3 is 10.0 Å². The van der Waals surface area contributed by atoms with E-state index in [4.69, 9.17) is 10.0 Å². The molecule has 0 radical (unpaired) electrons. The molecule has 0 aromatic rings. The summed E-state index contributed by atoms with van der Waals surface area (Å²) in [5, 5.41) is 19.5. The summed E-state index contributed by atoms with van der Waals surface area (Å²) >= 11 is 1.47. The molecule has 1 aliphatic heterocycles. The summed E-state index contributed by atoms with van der Waals surface area (Å²) in [6.07, 6.45) is 2.69. The third kappa shape index (κ3) is 1.31. The molecule has 2 N–H and O–H groups in total. The van der Waals surface area contributed by atoms with Crippen LogP contribution in [0.25, 0.3) is 0 Å². The van der Waals surface area contributed by atoms with Gasteiger partial charge in [0.2, 0.25) is 0 Å². The Morgan fingerprint density at radius 3 is 2.56 bits per heavy atom. The molecular formula is C5H9BO2S. The van der Waals surface area contributed by atoms with E-state index < -0.39 is 7.12 Å². The van der Waals surface area contributed by atoms with Crippen LogP contribution in [0, 0.1) is 0 Å². The first-order valence-corrected chi connectivity index (χ1v) is 3.72. The van der Waals surface area contributed by atoms with E-state index in [1.807, 2.05) is 18.4 Å². The van der Waals surface area contributed by atoms with Crippen LogP contribution in [-0.4, -0.2) is 21.8 Å². The zero-order valence-electron chi connectivity index (χ0n) is 5.24. The lowest BCUT2D eigenvalue weighted by Gasteiger charge is -2.19. The van der Waals surface area contributed by atoms with E-state index in [-0.39, 0.29) is 4.65 Å². The first kappa shape index (κ1) is 7.19. The number of rotatable bonds is 1. The maximum absolute atomic E-state index is 8.81. The zero-order valence-corrected chi connectivity index (χ0v) is 6.06. The summed E-state index contributed by atoms with van der Waals surface area (Å²) in [4.78, 5) is 0. The molecule has 2 nitrogen and oxygen atoms in total. The van der Waals surface area contributed by atoms with Crippen LogP contribution in [-0.2, 0) is 0 Å². The third-order valence-electron chi connectivity index (χ3n) is 1.50. The van der Waals surface area contributed by atoms with Crippen molar-refractivity contribution in [3.05, 3.63) is 11.5 Å². The molecule has 0 aliphatic carbocycles. The Morgan fingerprint density at radius 2 is 2.33 bits per heavy atom. The van der Waals surface area contributed by atoms with Crippen molar-refractivity contribution in [1.29, 1.82) is 0 Å². The highest BCUT2D eigenvalue weighted by Gasteiger charge is 2.38. The van der Waals surface area contributed by atoms with E-state index >= 15 is 0 Å². The maximum atomic E-state index is 8.81. The van der Waals surface area contributed by atoms with Crippen LogP contribution in [0.2, 0.25) is 0 Å². The predicted molar refractivity (Wildman–Crippen MR) is 39.9 cm³/mol. The highest BCUT2D eigenvalue weighted by molar-refractivity contribution is 8.05. The minimum Gasteiger partial charge on any atom is -0.426 e. The van der Waals surface area contributed by atoms with Gasteiger partial charge in [0.15, 0.2) is 0 Å². The van der Waals surface area contributed by atoms with Gasteiger partial charge in [-0.25, -0.2) is 0 Å². The second kappa shape index (κ2) is 2.36. The zero-order chi connectivity index (χ0) is 6.91. The molecule has 1 unspecified atom stereocenters. The third-order valence-corrected chi connectivity index (χ3v) is 2.75. The van der Waals surface area contributed by atoms with Crippen molar-refractivity contribution in [2.45, 2.75) is 18.0 Å². The van der Waals surface area contributed by atoms with Gasteiger partial charge >= 0.3 is 7.12 Å². The summed E-state index contributed by atoms with van der Waals surface area (Å²) < 4.78 is -0.389. The minimum atomic E-state index is -1.21. The Bertz CT molecular complexity index is 127. The van der Waals surface area contributed by atoms with Crippen molar-refractivity contribution in [3.8, 4) is 0 Å². The normalized spacial score (nSPS) is 33.2. The Labute approximate surface area is 59.1 Å². The van der Waals surface area contributed by atoms with Gasteiger partial charge in [-0.15, -0.1) is 11.8 Å². The molecule has 1 atom stereocenters. The highest BCUT2D eigenvalue weighted by atomic mass is 32.2. The summed E-state index contributed by atoms with van der Waals surface area (Å²) in [5.41, 5.74) is 0. The van der Waals surface area contributed by atoms with E-state index in [1.54, 1.807) is 0 Å². The van der Waals surface area contributed by atoms with E-state index in [1.165, 1.54) is 11.8 Å². The molecule has 0 aromatic carbocycles. The molecule has 1 aliphatic rings. The minimum absolute atomic E-state index is 0.389. The molecule has 0 amide bonds. The number of allylic oxidation sites excluding steroid dienone is 1. The van der Waals surface area contributed by atoms with Crippen LogP contribution < -0.4 is 0 Å². The molecular weight excluding hydrogens is 135 g/mol. The molecule has 0 fully saturated rings. The topological polar surface area (TPSA) is 40.5 Å². The van der Waals surface area contributed by atoms with E-state index in [2.05, 4.69) is 0 Å². The standard InChI is InChI=1S/C5H9BO2S/c1-5(6(7)8)3-2-4-9-5/h2,4,7-8H,3H2,1H3. The van der Waals surface area contributed by atoms with Gasteiger partial charge in [-0.05, 0) is 11.8 Å². The molecule has 0 bridgehead atoms. The fourth-order valence-corrected chi connectivity index (χ4v) is 1.52. The maximum Gasteiger partial charge on any atom is 0.469 e. The predicted octanol–water partition coefficient (Wildman–Crippen LogP) is 0.408. The van der Waals surface area contributed by atoms with Crippen molar-refractivity contribution < 1.29 is 10.0 Å². The van der Waals surface area contributed by atoms with Crippen molar-refractivity contribution >= 4 is 18.9 Å². The first-order chi connectivity index (χ1) is 4.15. The summed E-state index contributed by atoms with van der Waals surface area (Å²) in [6.45, 7) is 1.84. The summed E-state index contributed by atoms with van der Waals surface area (Å²) in [7, 11) is -1.21. The smallest absolute Gasteiger partial charge is 0.426 e. The van der Waals surface area contributed by atoms with Gasteiger partial charge in [-0.2, -0.15) is 0 Å². The highest BCUT2D eigenvalue weighted by Crippen LogP contribution is 2.36. The van der Waals surface area contributed by atoms with Crippen LogP contribution in [0.3, 0.4) is 0 Å². The summed E-state index contributed by atoms with van der Waals surface area (Å²) in [6, 6.07) is 0. The molecule has 0 saturated carbocycles. The largest absolute Gasteiger partial charge is 0.469 e. The summed E-state index contributed by atoms with van der Waals surface area (Å²) in [5.74, 6) is 0. The fraction of sp³-hybridized carbons (Fsp3) is 0.600. The number of hydrogen-bond acceptors (Lipinski definition) is 3. The molecule has 9 heavy (non-hydrogen) atoms. The van der Waals surface area contributed by atoms with Crippen LogP contribution in [0.15, 0.2) is 11.5 Å². The molecule has 1 heterocycles. The second-order valence-electron chi connectivity index (χ2n) is 2.38. The number of hydrogen-bond donors (Lipinski definition) is 2. The van der Waals surface area contributed by atoms with Crippen LogP contribution in [0.4, 0.5) is 0 Å². The van der Waals surface area contributed by atoms with Crippen LogP contribution in [0.5, 0.6) is 0 Å². The SMILES string of the molecule is CC1(B(O)O)CC=CS1. The molecule has 0 spiro atoms. The second-order valence-corrected chi connectivity index (χ2v) is 3.82. The quantitative estimate of drug-likeness (QED) is 0.523. The average Bonchev–Trinajstić information content (AvgIpc) is 2.16. The first-order valence-electron chi connectivity index (χ1n) is 2.84. The van der Waals surface area contributed by atoms with Gasteiger partial charge in [-0.1, -0.05) is 13.0 Å². The lowest BCUT2D eigenvalue weighted by atomic mass is 9.71. The lowest BCUT2D eigenvalue weighted by Crippen LogP contribution is -2.38. The monoisotopic (exact) mass is 144 g/mol. The Kier molecular flexibility index (Phi) is 1.89. The number of thioether (sulfide) groups is 1. The van der Waals surface area contributed by atoms with E-state index in [0.717, 1.165) is 6.42 Å². The lowest BCUT2D eigenvalue weighted by molar-refractivity contribution is 0.383.